The van der Waals surface area contributed by atoms with Crippen molar-refractivity contribution >= 4 is 22.0 Å². The van der Waals surface area contributed by atoms with Crippen LogP contribution >= 0.6 is 0 Å². The molecular formula is C24H30N2O4S. The van der Waals surface area contributed by atoms with Gasteiger partial charge in [0.25, 0.3) is 0 Å². The van der Waals surface area contributed by atoms with Crippen LogP contribution in [-0.2, 0) is 21.2 Å². The van der Waals surface area contributed by atoms with Crippen molar-refractivity contribution in [3.63, 3.8) is 0 Å². The van der Waals surface area contributed by atoms with Gasteiger partial charge in [-0.25, -0.2) is 8.42 Å². The van der Waals surface area contributed by atoms with Crippen LogP contribution in [0.5, 0.6) is 5.75 Å². The third-order valence-electron chi connectivity index (χ3n) is 5.38. The molecule has 1 aliphatic rings. The van der Waals surface area contributed by atoms with Crippen molar-refractivity contribution in [1.82, 2.24) is 9.62 Å². The van der Waals surface area contributed by atoms with Gasteiger partial charge in [-0.15, -0.1) is 0 Å². The van der Waals surface area contributed by atoms with Gasteiger partial charge in [0.2, 0.25) is 15.9 Å². The summed E-state index contributed by atoms with van der Waals surface area (Å²) in [5, 5.41) is 2.86. The number of carbonyl (C=O) groups excluding carboxylic acids is 1. The Morgan fingerprint density at radius 2 is 1.65 bits per heavy atom. The summed E-state index contributed by atoms with van der Waals surface area (Å²) in [6.45, 7) is 1.70. The molecule has 166 valence electrons. The number of amides is 1. The predicted octanol–water partition coefficient (Wildman–Crippen LogP) is 3.63. The lowest BCUT2D eigenvalue weighted by Gasteiger charge is -2.19. The zero-order valence-electron chi connectivity index (χ0n) is 17.9. The second-order valence-corrected chi connectivity index (χ2v) is 9.55. The van der Waals surface area contributed by atoms with Crippen LogP contribution in [0.4, 0.5) is 0 Å². The minimum Gasteiger partial charge on any atom is -0.497 e. The largest absolute Gasteiger partial charge is 0.497 e. The second kappa shape index (κ2) is 11.1. The summed E-state index contributed by atoms with van der Waals surface area (Å²) in [7, 11) is -1.83. The van der Waals surface area contributed by atoms with Gasteiger partial charge in [-0.2, -0.15) is 4.31 Å². The molecule has 7 heteroatoms. The molecule has 31 heavy (non-hydrogen) atoms. The number of nitrogens with zero attached hydrogens (tertiary/aromatic N) is 1. The first-order valence-corrected chi connectivity index (χ1v) is 12.1. The fourth-order valence-corrected chi connectivity index (χ4v) is 5.05. The first-order valence-electron chi connectivity index (χ1n) is 10.7. The highest BCUT2D eigenvalue weighted by atomic mass is 32.2. The van der Waals surface area contributed by atoms with E-state index in [0.717, 1.165) is 49.0 Å². The fourth-order valence-electron chi connectivity index (χ4n) is 3.54. The van der Waals surface area contributed by atoms with E-state index in [-0.39, 0.29) is 5.91 Å². The highest BCUT2D eigenvalue weighted by Gasteiger charge is 2.24. The van der Waals surface area contributed by atoms with Crippen molar-refractivity contribution in [2.75, 3.05) is 26.7 Å². The Morgan fingerprint density at radius 3 is 2.26 bits per heavy atom. The van der Waals surface area contributed by atoms with Crippen LogP contribution in [-0.4, -0.2) is 45.4 Å². The molecule has 0 radical (unpaired) electrons. The summed E-state index contributed by atoms with van der Waals surface area (Å²) in [5.41, 5.74) is 1.89. The molecule has 1 aliphatic heterocycles. The zero-order chi connectivity index (χ0) is 22.1. The Hall–Kier alpha value is -2.64. The molecule has 1 N–H and O–H groups in total. The maximum absolute atomic E-state index is 12.8. The van der Waals surface area contributed by atoms with E-state index >= 15 is 0 Å². The van der Waals surface area contributed by atoms with E-state index in [2.05, 4.69) is 5.32 Å². The van der Waals surface area contributed by atoms with Crippen LogP contribution in [0.1, 0.15) is 36.8 Å². The van der Waals surface area contributed by atoms with Crippen LogP contribution in [0.25, 0.3) is 6.08 Å². The van der Waals surface area contributed by atoms with Crippen molar-refractivity contribution in [1.29, 1.82) is 0 Å². The number of carbonyl (C=O) groups is 1. The van der Waals surface area contributed by atoms with Crippen molar-refractivity contribution in [2.24, 2.45) is 0 Å². The van der Waals surface area contributed by atoms with E-state index in [4.69, 9.17) is 4.74 Å². The number of nitrogens with one attached hydrogen (secondary N) is 1. The Balaban J connectivity index is 1.50. The fraction of sp³-hybridized carbons (Fsp3) is 0.375. The summed E-state index contributed by atoms with van der Waals surface area (Å²) in [6, 6.07) is 14.4. The molecule has 0 aromatic heterocycles. The zero-order valence-corrected chi connectivity index (χ0v) is 18.7. The van der Waals surface area contributed by atoms with Crippen LogP contribution in [0, 0.1) is 0 Å². The molecule has 1 heterocycles. The van der Waals surface area contributed by atoms with Gasteiger partial charge >= 0.3 is 0 Å². The quantitative estimate of drug-likeness (QED) is 0.634. The Bertz CT molecular complexity index is 975. The van der Waals surface area contributed by atoms with Crippen molar-refractivity contribution in [2.45, 2.75) is 37.0 Å². The summed E-state index contributed by atoms with van der Waals surface area (Å²) in [6.07, 6.45) is 7.86. The Morgan fingerprint density at radius 1 is 1.00 bits per heavy atom. The van der Waals surface area contributed by atoms with Gasteiger partial charge in [-0.1, -0.05) is 37.1 Å². The minimum absolute atomic E-state index is 0.185. The number of benzene rings is 2. The van der Waals surface area contributed by atoms with Crippen molar-refractivity contribution in [3.8, 4) is 5.75 Å². The molecule has 2 aromatic rings. The average molecular weight is 443 g/mol. The van der Waals surface area contributed by atoms with Gasteiger partial charge < -0.3 is 10.1 Å². The molecule has 0 bridgehead atoms. The lowest BCUT2D eigenvalue weighted by molar-refractivity contribution is -0.116. The van der Waals surface area contributed by atoms with Crippen molar-refractivity contribution < 1.29 is 17.9 Å². The molecule has 1 saturated heterocycles. The first kappa shape index (κ1) is 23.0. The van der Waals surface area contributed by atoms with E-state index in [1.807, 2.05) is 24.3 Å². The molecule has 2 aromatic carbocycles. The smallest absolute Gasteiger partial charge is 0.244 e. The number of hydrogen-bond donors (Lipinski definition) is 1. The molecule has 6 nitrogen and oxygen atoms in total. The molecule has 0 saturated carbocycles. The maximum atomic E-state index is 12.8. The van der Waals surface area contributed by atoms with Crippen LogP contribution < -0.4 is 10.1 Å². The lowest BCUT2D eigenvalue weighted by Crippen LogP contribution is -2.31. The molecule has 3 rings (SSSR count). The summed E-state index contributed by atoms with van der Waals surface area (Å²) in [5.74, 6) is 0.621. The third kappa shape index (κ3) is 6.67. The number of rotatable bonds is 8. The van der Waals surface area contributed by atoms with Crippen molar-refractivity contribution in [3.05, 3.63) is 65.7 Å². The molecule has 0 spiro atoms. The van der Waals surface area contributed by atoms with Gasteiger partial charge in [-0.3, -0.25) is 4.79 Å². The SMILES string of the molecule is COc1ccc(CCNC(=O)C=Cc2ccc(S(=O)(=O)N3CCCCCC3)cc2)cc1. The molecule has 0 atom stereocenters. The standard InChI is InChI=1S/C24H30N2O4S/c1-30-22-11-6-21(7-12-22)16-17-25-24(27)15-10-20-8-13-23(14-9-20)31(28,29)26-18-4-2-3-5-19-26/h6-15H,2-5,16-19H2,1H3,(H,25,27). The molecule has 1 amide bonds. The Kier molecular flexibility index (Phi) is 8.26. The van der Waals surface area contributed by atoms with Crippen LogP contribution in [0.2, 0.25) is 0 Å². The highest BCUT2D eigenvalue weighted by Crippen LogP contribution is 2.21. The molecule has 1 fully saturated rings. The van der Waals surface area contributed by atoms with E-state index in [1.54, 1.807) is 41.8 Å². The molecular weight excluding hydrogens is 412 g/mol. The summed E-state index contributed by atoms with van der Waals surface area (Å²) in [4.78, 5) is 12.4. The second-order valence-electron chi connectivity index (χ2n) is 7.61. The normalized spacial score (nSPS) is 15.5. The summed E-state index contributed by atoms with van der Waals surface area (Å²) >= 11 is 0. The van der Waals surface area contributed by atoms with Crippen LogP contribution in [0.3, 0.4) is 0 Å². The predicted molar refractivity (Wildman–Crippen MR) is 122 cm³/mol. The average Bonchev–Trinajstić information content (AvgIpc) is 3.09. The van der Waals surface area contributed by atoms with Gasteiger partial charge in [0.15, 0.2) is 0 Å². The van der Waals surface area contributed by atoms with E-state index in [1.165, 1.54) is 6.08 Å². The van der Waals surface area contributed by atoms with E-state index in [0.29, 0.717) is 24.5 Å². The van der Waals surface area contributed by atoms with Gasteiger partial charge in [0, 0.05) is 25.7 Å². The maximum Gasteiger partial charge on any atom is 0.244 e. The lowest BCUT2D eigenvalue weighted by atomic mass is 10.1. The molecule has 0 aliphatic carbocycles. The number of ether oxygens (including phenoxy) is 1. The third-order valence-corrected chi connectivity index (χ3v) is 7.29. The van der Waals surface area contributed by atoms with Crippen LogP contribution in [0.15, 0.2) is 59.5 Å². The van der Waals surface area contributed by atoms with Gasteiger partial charge in [0.05, 0.1) is 12.0 Å². The molecule has 0 unspecified atom stereocenters. The first-order chi connectivity index (χ1) is 15.0. The number of hydrogen-bond acceptors (Lipinski definition) is 4. The summed E-state index contributed by atoms with van der Waals surface area (Å²) < 4.78 is 32.4. The topological polar surface area (TPSA) is 75.7 Å². The van der Waals surface area contributed by atoms with Gasteiger partial charge in [-0.05, 0) is 60.7 Å². The number of methoxy groups -OCH3 is 1. The van der Waals surface area contributed by atoms with Gasteiger partial charge in [0.1, 0.15) is 5.75 Å². The number of sulfonamides is 1. The highest BCUT2D eigenvalue weighted by molar-refractivity contribution is 7.89. The minimum atomic E-state index is -3.45. The van der Waals surface area contributed by atoms with E-state index < -0.39 is 10.0 Å². The Labute approximate surface area is 185 Å². The monoisotopic (exact) mass is 442 g/mol. The van der Waals surface area contributed by atoms with E-state index in [9.17, 15) is 13.2 Å².